The summed E-state index contributed by atoms with van der Waals surface area (Å²) in [5.41, 5.74) is -0.0345. The third-order valence-corrected chi connectivity index (χ3v) is 6.41. The monoisotopic (exact) mass is 446 g/mol. The molecule has 2 fully saturated rings. The van der Waals surface area contributed by atoms with Gasteiger partial charge in [-0.25, -0.2) is 4.98 Å². The lowest BCUT2D eigenvalue weighted by Crippen LogP contribution is -2.58. The number of halogens is 1. The van der Waals surface area contributed by atoms with Crippen LogP contribution in [0.1, 0.15) is 29.6 Å². The quantitative estimate of drug-likeness (QED) is 0.689. The number of H-pyrrole nitrogens is 1. The Bertz CT molecular complexity index is 1040. The molecule has 1 aromatic heterocycles. The van der Waals surface area contributed by atoms with Crippen molar-refractivity contribution in [3.63, 3.8) is 0 Å². The van der Waals surface area contributed by atoms with Crippen LogP contribution in [0, 0.1) is 0 Å². The number of rotatable bonds is 4. The maximum absolute atomic E-state index is 12.8. The zero-order valence-electron chi connectivity index (χ0n) is 15.9. The van der Waals surface area contributed by atoms with E-state index in [4.69, 9.17) is 11.6 Å². The molecule has 2 saturated heterocycles. The van der Waals surface area contributed by atoms with E-state index in [1.54, 1.807) is 29.2 Å². The number of amides is 1. The summed E-state index contributed by atoms with van der Waals surface area (Å²) in [5, 5.41) is 3.18. The number of carbonyl (C=O) groups excluding carboxylic acids is 3. The molecule has 156 valence electrons. The van der Waals surface area contributed by atoms with E-state index in [2.05, 4.69) is 15.3 Å². The van der Waals surface area contributed by atoms with Crippen molar-refractivity contribution >= 4 is 40.2 Å². The summed E-state index contributed by atoms with van der Waals surface area (Å²) < 4.78 is 0. The van der Waals surface area contributed by atoms with Crippen LogP contribution in [-0.2, 0) is 9.59 Å². The van der Waals surface area contributed by atoms with Gasteiger partial charge in [0.05, 0.1) is 11.9 Å². The molecule has 2 aromatic rings. The van der Waals surface area contributed by atoms with Crippen molar-refractivity contribution in [2.75, 3.05) is 12.3 Å². The molecule has 0 spiro atoms. The summed E-state index contributed by atoms with van der Waals surface area (Å²) >= 11 is 6.89. The van der Waals surface area contributed by atoms with Gasteiger partial charge < -0.3 is 10.3 Å². The van der Waals surface area contributed by atoms with E-state index in [0.717, 1.165) is 24.6 Å². The molecule has 30 heavy (non-hydrogen) atoms. The van der Waals surface area contributed by atoms with Crippen LogP contribution in [0.15, 0.2) is 35.3 Å². The highest BCUT2D eigenvalue weighted by Crippen LogP contribution is 2.27. The molecule has 2 atom stereocenters. The van der Waals surface area contributed by atoms with Crippen molar-refractivity contribution in [2.45, 2.75) is 31.5 Å². The number of ketones is 1. The van der Waals surface area contributed by atoms with E-state index >= 15 is 0 Å². The van der Waals surface area contributed by atoms with Crippen LogP contribution in [0.3, 0.4) is 0 Å². The van der Waals surface area contributed by atoms with Crippen LogP contribution in [0.4, 0.5) is 0 Å². The van der Waals surface area contributed by atoms with Crippen molar-refractivity contribution in [3.05, 3.63) is 51.4 Å². The Morgan fingerprint density at radius 2 is 1.97 bits per heavy atom. The fraction of sp³-hybridized carbons (Fsp3) is 0.350. The van der Waals surface area contributed by atoms with Gasteiger partial charge in [-0.05, 0) is 43.5 Å². The molecule has 2 N–H and O–H groups in total. The Balaban J connectivity index is 1.52. The Morgan fingerprint density at radius 1 is 1.20 bits per heavy atom. The number of aromatic amines is 1. The predicted octanol–water partition coefficient (Wildman–Crippen LogP) is 1.84. The molecule has 4 rings (SSSR count). The van der Waals surface area contributed by atoms with Crippen molar-refractivity contribution in [1.29, 1.82) is 0 Å². The molecule has 8 nitrogen and oxygen atoms in total. The number of hydrogen-bond donors (Lipinski definition) is 2. The van der Waals surface area contributed by atoms with Crippen LogP contribution in [0.5, 0.6) is 0 Å². The average molecular weight is 447 g/mol. The van der Waals surface area contributed by atoms with E-state index < -0.39 is 23.7 Å². The van der Waals surface area contributed by atoms with Gasteiger partial charge in [-0.1, -0.05) is 23.4 Å². The Morgan fingerprint density at radius 3 is 2.63 bits per heavy atom. The molecule has 0 saturated carbocycles. The third kappa shape index (κ3) is 4.19. The maximum Gasteiger partial charge on any atom is 0.264 e. The molecule has 0 bridgehead atoms. The summed E-state index contributed by atoms with van der Waals surface area (Å²) in [6.07, 6.45) is 3.03. The standard InChI is InChI=1S/C20H19ClN4O4S/c21-12-6-4-11(5-7-12)17-22-9-13(19(28)24-17)18(27)23-15-3-1-2-8-25(15)16-14(26)10-30-20(16)29/h4-7,9,15-16H,1-3,8,10H2,(H,23,27)(H,22,24,28). The Kier molecular flexibility index (Phi) is 6.03. The van der Waals surface area contributed by atoms with Gasteiger partial charge in [0.15, 0.2) is 5.78 Å². The maximum atomic E-state index is 12.8. The second-order valence-corrected chi connectivity index (χ2v) is 8.60. The van der Waals surface area contributed by atoms with Gasteiger partial charge >= 0.3 is 0 Å². The summed E-state index contributed by atoms with van der Waals surface area (Å²) in [6, 6.07) is 5.96. The largest absolute Gasteiger partial charge is 0.336 e. The van der Waals surface area contributed by atoms with E-state index in [1.807, 2.05) is 0 Å². The number of piperidine rings is 1. The summed E-state index contributed by atoms with van der Waals surface area (Å²) in [4.78, 5) is 58.1. The molecule has 2 unspecified atom stereocenters. The van der Waals surface area contributed by atoms with Gasteiger partial charge in [0.1, 0.15) is 17.4 Å². The van der Waals surface area contributed by atoms with Crippen molar-refractivity contribution in [1.82, 2.24) is 20.2 Å². The molecule has 1 amide bonds. The minimum atomic E-state index is -0.829. The molecule has 3 heterocycles. The number of carbonyl (C=O) groups is 3. The van der Waals surface area contributed by atoms with Gasteiger partial charge in [0, 0.05) is 23.3 Å². The van der Waals surface area contributed by atoms with Gasteiger partial charge in [-0.15, -0.1) is 0 Å². The molecule has 2 aliphatic rings. The molecule has 1 aromatic carbocycles. The fourth-order valence-corrected chi connectivity index (χ4v) is 4.70. The van der Waals surface area contributed by atoms with Crippen LogP contribution in [0.2, 0.25) is 5.02 Å². The van der Waals surface area contributed by atoms with Crippen LogP contribution in [0.25, 0.3) is 11.4 Å². The minimum absolute atomic E-state index is 0.128. The first-order valence-corrected chi connectivity index (χ1v) is 10.9. The van der Waals surface area contributed by atoms with Crippen molar-refractivity contribution < 1.29 is 14.4 Å². The van der Waals surface area contributed by atoms with Crippen LogP contribution < -0.4 is 10.9 Å². The van der Waals surface area contributed by atoms with Gasteiger partial charge in [0.25, 0.3) is 11.5 Å². The zero-order chi connectivity index (χ0) is 21.3. The molecule has 0 aliphatic carbocycles. The Hall–Kier alpha value is -2.49. The van der Waals surface area contributed by atoms with E-state index in [-0.39, 0.29) is 22.2 Å². The number of Topliss-reactive ketones (excluding diaryl/α,β-unsaturated/α-hetero) is 1. The average Bonchev–Trinajstić information content (AvgIpc) is 3.07. The minimum Gasteiger partial charge on any atom is -0.336 e. The number of thioether (sulfide) groups is 1. The topological polar surface area (TPSA) is 112 Å². The van der Waals surface area contributed by atoms with E-state index in [1.165, 1.54) is 6.20 Å². The number of hydrogen-bond acceptors (Lipinski definition) is 7. The molecular formula is C20H19ClN4O4S. The number of nitrogens with one attached hydrogen (secondary N) is 2. The normalized spacial score (nSPS) is 22.3. The highest BCUT2D eigenvalue weighted by Gasteiger charge is 2.42. The van der Waals surface area contributed by atoms with Crippen molar-refractivity contribution in [3.8, 4) is 11.4 Å². The Labute approximate surface area is 181 Å². The van der Waals surface area contributed by atoms with Gasteiger partial charge in [0.2, 0.25) is 5.12 Å². The fourth-order valence-electron chi connectivity index (χ4n) is 3.71. The van der Waals surface area contributed by atoms with E-state index in [0.29, 0.717) is 29.4 Å². The number of nitrogens with zero attached hydrogens (tertiary/aromatic N) is 2. The first-order valence-electron chi connectivity index (χ1n) is 9.55. The zero-order valence-corrected chi connectivity index (χ0v) is 17.5. The van der Waals surface area contributed by atoms with Crippen LogP contribution >= 0.6 is 23.4 Å². The highest BCUT2D eigenvalue weighted by atomic mass is 35.5. The SMILES string of the molecule is O=C(NC1CCCCN1C1C(=O)CSC1=O)c1cnc(-c2ccc(Cl)cc2)[nH]c1=O. The van der Waals surface area contributed by atoms with Gasteiger partial charge in [-0.3, -0.25) is 24.1 Å². The summed E-state index contributed by atoms with van der Waals surface area (Å²) in [7, 11) is 0. The molecular weight excluding hydrogens is 428 g/mol. The highest BCUT2D eigenvalue weighted by molar-refractivity contribution is 8.15. The van der Waals surface area contributed by atoms with E-state index in [9.17, 15) is 19.2 Å². The first-order chi connectivity index (χ1) is 14.4. The van der Waals surface area contributed by atoms with Crippen molar-refractivity contribution in [2.24, 2.45) is 0 Å². The summed E-state index contributed by atoms with van der Waals surface area (Å²) in [5.74, 6) is -0.241. The lowest BCUT2D eigenvalue weighted by Gasteiger charge is -2.38. The lowest BCUT2D eigenvalue weighted by molar-refractivity contribution is -0.129. The first kappa shape index (κ1) is 20.8. The van der Waals surface area contributed by atoms with Gasteiger partial charge in [-0.2, -0.15) is 0 Å². The lowest BCUT2D eigenvalue weighted by atomic mass is 10.0. The number of benzene rings is 1. The van der Waals surface area contributed by atoms with Crippen LogP contribution in [-0.4, -0.2) is 56.2 Å². The predicted molar refractivity (Wildman–Crippen MR) is 113 cm³/mol. The molecule has 0 radical (unpaired) electrons. The second kappa shape index (κ2) is 8.71. The number of likely N-dealkylation sites (tertiary alicyclic amines) is 1. The number of aromatic nitrogens is 2. The summed E-state index contributed by atoms with van der Waals surface area (Å²) in [6.45, 7) is 0.539. The smallest absolute Gasteiger partial charge is 0.264 e. The second-order valence-electron chi connectivity index (χ2n) is 7.18. The molecule has 10 heteroatoms. The molecule has 2 aliphatic heterocycles. The third-order valence-electron chi connectivity index (χ3n) is 5.22.